The molecule has 8 nitrogen and oxygen atoms in total. The Labute approximate surface area is 127 Å². The summed E-state index contributed by atoms with van der Waals surface area (Å²) in [4.78, 5) is 21.8. The van der Waals surface area contributed by atoms with E-state index in [4.69, 9.17) is 11.5 Å². The van der Waals surface area contributed by atoms with E-state index in [9.17, 15) is 9.59 Å². The Morgan fingerprint density at radius 1 is 1.05 bits per heavy atom. The fourth-order valence-electron chi connectivity index (χ4n) is 2.29. The first-order valence-electron chi connectivity index (χ1n) is 6.80. The maximum atomic E-state index is 10.9. The summed E-state index contributed by atoms with van der Waals surface area (Å²) in [7, 11) is 0. The predicted molar refractivity (Wildman–Crippen MR) is 82.4 cm³/mol. The molecule has 7 N–H and O–H groups in total. The van der Waals surface area contributed by atoms with E-state index >= 15 is 0 Å². The van der Waals surface area contributed by atoms with E-state index in [1.807, 2.05) is 30.3 Å². The quantitative estimate of drug-likeness (QED) is 0.404. The van der Waals surface area contributed by atoms with Crippen molar-refractivity contribution in [3.8, 4) is 0 Å². The fourth-order valence-corrected chi connectivity index (χ4v) is 2.29. The number of hydrazine groups is 1. The molecular formula is C14H18N6O2. The Hall–Kier alpha value is -3.03. The third kappa shape index (κ3) is 3.98. The monoisotopic (exact) mass is 302 g/mol. The van der Waals surface area contributed by atoms with Gasteiger partial charge < -0.3 is 16.9 Å². The van der Waals surface area contributed by atoms with Crippen molar-refractivity contribution in [2.45, 2.75) is 19.3 Å². The highest BCUT2D eigenvalue weighted by Crippen LogP contribution is 2.27. The molecule has 116 valence electrons. The number of amides is 4. The van der Waals surface area contributed by atoms with Gasteiger partial charge in [-0.3, -0.25) is 5.43 Å². The average molecular weight is 302 g/mol. The zero-order chi connectivity index (χ0) is 15.9. The first-order chi connectivity index (χ1) is 10.6. The van der Waals surface area contributed by atoms with Gasteiger partial charge >= 0.3 is 12.1 Å². The highest BCUT2D eigenvalue weighted by molar-refractivity contribution is 6.13. The van der Waals surface area contributed by atoms with Crippen LogP contribution in [-0.4, -0.2) is 17.8 Å². The molecule has 0 spiro atoms. The molecule has 0 unspecified atom stereocenters. The zero-order valence-corrected chi connectivity index (χ0v) is 11.9. The van der Waals surface area contributed by atoms with Crippen LogP contribution in [0.15, 0.2) is 46.7 Å². The van der Waals surface area contributed by atoms with Crippen LogP contribution in [0.2, 0.25) is 0 Å². The van der Waals surface area contributed by atoms with Crippen LogP contribution in [-0.2, 0) is 0 Å². The summed E-state index contributed by atoms with van der Waals surface area (Å²) in [5, 5.41) is 4.10. The molecule has 0 fully saturated rings. The van der Waals surface area contributed by atoms with Crippen LogP contribution in [0.4, 0.5) is 9.59 Å². The van der Waals surface area contributed by atoms with Gasteiger partial charge in [-0.1, -0.05) is 30.3 Å². The number of carbonyl (C=O) groups excluding carboxylic acids is 2. The Morgan fingerprint density at radius 2 is 1.77 bits per heavy atom. The van der Waals surface area contributed by atoms with Crippen molar-refractivity contribution in [2.24, 2.45) is 16.6 Å². The number of primary amides is 2. The number of carbonyl (C=O) groups is 2. The Bertz CT molecular complexity index is 623. The van der Waals surface area contributed by atoms with Crippen LogP contribution in [0.1, 0.15) is 24.8 Å². The van der Waals surface area contributed by atoms with Crippen LogP contribution in [0, 0.1) is 0 Å². The molecule has 1 aromatic rings. The standard InChI is InChI=1S/C14H18N6O2/c15-13(21)19-17-11-8-4-7-10(11)12(18-20-14(16)22)9-5-2-1-3-6-9/h1-3,5-6,17H,4,7-8H2,(H3,15,19,21)(H3,16,20,22). The molecule has 0 saturated carbocycles. The number of urea groups is 2. The number of allylic oxidation sites excluding steroid dienone is 2. The van der Waals surface area contributed by atoms with Gasteiger partial charge in [-0.15, -0.1) is 0 Å². The Kier molecular flexibility index (Phi) is 4.97. The number of hydrazone groups is 1. The van der Waals surface area contributed by atoms with Gasteiger partial charge in [0.15, 0.2) is 0 Å². The molecule has 0 aromatic heterocycles. The number of nitrogens with one attached hydrogen (secondary N) is 3. The maximum Gasteiger partial charge on any atom is 0.332 e. The molecule has 2 rings (SSSR count). The van der Waals surface area contributed by atoms with Crippen LogP contribution >= 0.6 is 0 Å². The van der Waals surface area contributed by atoms with Crippen molar-refractivity contribution in [1.29, 1.82) is 0 Å². The van der Waals surface area contributed by atoms with Crippen LogP contribution in [0.25, 0.3) is 0 Å². The first-order valence-corrected chi connectivity index (χ1v) is 6.80. The molecule has 22 heavy (non-hydrogen) atoms. The molecule has 1 aromatic carbocycles. The number of benzene rings is 1. The van der Waals surface area contributed by atoms with E-state index in [1.165, 1.54) is 0 Å². The summed E-state index contributed by atoms with van der Waals surface area (Å²) >= 11 is 0. The second-order valence-corrected chi connectivity index (χ2v) is 4.73. The van der Waals surface area contributed by atoms with E-state index < -0.39 is 12.1 Å². The first kappa shape index (κ1) is 15.4. The summed E-state index contributed by atoms with van der Waals surface area (Å²) in [5.41, 5.74) is 20.7. The van der Waals surface area contributed by atoms with Crippen molar-refractivity contribution in [3.63, 3.8) is 0 Å². The summed E-state index contributed by atoms with van der Waals surface area (Å²) in [6.45, 7) is 0. The van der Waals surface area contributed by atoms with Gasteiger partial charge in [-0.2, -0.15) is 5.10 Å². The minimum atomic E-state index is -0.739. The molecular weight excluding hydrogens is 284 g/mol. The molecule has 8 heteroatoms. The van der Waals surface area contributed by atoms with Crippen molar-refractivity contribution < 1.29 is 9.59 Å². The summed E-state index contributed by atoms with van der Waals surface area (Å²) < 4.78 is 0. The summed E-state index contributed by atoms with van der Waals surface area (Å²) in [6, 6.07) is 7.99. The van der Waals surface area contributed by atoms with Gasteiger partial charge in [0.05, 0.1) is 5.71 Å². The number of nitrogens with two attached hydrogens (primary N) is 2. The molecule has 1 aliphatic carbocycles. The molecule has 0 atom stereocenters. The number of hydrogen-bond donors (Lipinski definition) is 5. The third-order valence-electron chi connectivity index (χ3n) is 3.17. The Balaban J connectivity index is 2.35. The van der Waals surface area contributed by atoms with Crippen LogP contribution < -0.4 is 27.7 Å². The van der Waals surface area contributed by atoms with E-state index in [0.29, 0.717) is 5.71 Å². The third-order valence-corrected chi connectivity index (χ3v) is 3.17. The molecule has 0 radical (unpaired) electrons. The molecule has 0 aliphatic heterocycles. The van der Waals surface area contributed by atoms with Crippen molar-refractivity contribution >= 4 is 17.8 Å². The lowest BCUT2D eigenvalue weighted by Crippen LogP contribution is -2.40. The molecule has 4 amide bonds. The maximum absolute atomic E-state index is 10.9. The normalized spacial score (nSPS) is 14.6. The number of nitrogens with zero attached hydrogens (tertiary/aromatic N) is 1. The molecule has 0 heterocycles. The largest absolute Gasteiger partial charge is 0.350 e. The predicted octanol–water partition coefficient (Wildman–Crippen LogP) is 0.670. The topological polar surface area (TPSA) is 135 Å². The highest BCUT2D eigenvalue weighted by atomic mass is 16.2. The lowest BCUT2D eigenvalue weighted by molar-refractivity contribution is 0.246. The number of rotatable bonds is 5. The van der Waals surface area contributed by atoms with Gasteiger partial charge in [0, 0.05) is 16.8 Å². The molecule has 1 aliphatic rings. The lowest BCUT2D eigenvalue weighted by atomic mass is 10.0. The van der Waals surface area contributed by atoms with Gasteiger partial charge in [-0.05, 0) is 19.3 Å². The van der Waals surface area contributed by atoms with Gasteiger partial charge in [-0.25, -0.2) is 15.0 Å². The SMILES string of the molecule is NC(=O)NN=C(C1=C(NNC(N)=O)CCC1)c1ccccc1. The van der Waals surface area contributed by atoms with Crippen molar-refractivity contribution in [2.75, 3.05) is 0 Å². The van der Waals surface area contributed by atoms with Crippen molar-refractivity contribution in [3.05, 3.63) is 47.2 Å². The van der Waals surface area contributed by atoms with E-state index in [2.05, 4.69) is 21.4 Å². The second kappa shape index (κ2) is 7.11. The summed E-state index contributed by atoms with van der Waals surface area (Å²) in [5.74, 6) is 0. The van der Waals surface area contributed by atoms with Crippen molar-refractivity contribution in [1.82, 2.24) is 16.3 Å². The van der Waals surface area contributed by atoms with Gasteiger partial charge in [0.1, 0.15) is 0 Å². The smallest absolute Gasteiger partial charge is 0.332 e. The van der Waals surface area contributed by atoms with Gasteiger partial charge in [0.2, 0.25) is 0 Å². The van der Waals surface area contributed by atoms with Crippen LogP contribution in [0.3, 0.4) is 0 Å². The lowest BCUT2D eigenvalue weighted by Gasteiger charge is -2.13. The molecule has 0 saturated heterocycles. The Morgan fingerprint density at radius 3 is 2.41 bits per heavy atom. The highest BCUT2D eigenvalue weighted by Gasteiger charge is 2.21. The van der Waals surface area contributed by atoms with E-state index in [-0.39, 0.29) is 0 Å². The fraction of sp³-hybridized carbons (Fsp3) is 0.214. The van der Waals surface area contributed by atoms with Gasteiger partial charge in [0.25, 0.3) is 0 Å². The average Bonchev–Trinajstić information content (AvgIpc) is 2.94. The molecule has 0 bridgehead atoms. The second-order valence-electron chi connectivity index (χ2n) is 4.73. The van der Waals surface area contributed by atoms with E-state index in [0.717, 1.165) is 36.1 Å². The summed E-state index contributed by atoms with van der Waals surface area (Å²) in [6.07, 6.45) is 2.41. The minimum absolute atomic E-state index is 0.602. The van der Waals surface area contributed by atoms with Crippen LogP contribution in [0.5, 0.6) is 0 Å². The van der Waals surface area contributed by atoms with E-state index in [1.54, 1.807) is 0 Å². The zero-order valence-electron chi connectivity index (χ0n) is 11.9. The minimum Gasteiger partial charge on any atom is -0.350 e. The number of hydrogen-bond acceptors (Lipinski definition) is 4.